The zero-order chi connectivity index (χ0) is 32.8. The van der Waals surface area contributed by atoms with Gasteiger partial charge in [0, 0.05) is 17.6 Å². The molecule has 45 heavy (non-hydrogen) atoms. The van der Waals surface area contributed by atoms with Crippen molar-refractivity contribution in [3.05, 3.63) is 64.7 Å². The number of Topliss-reactive ketones (excluding diaryl/α,β-unsaturated/α-hetero) is 1. The second kappa shape index (κ2) is 14.3. The maximum Gasteiger partial charge on any atom is 0.336 e. The highest BCUT2D eigenvalue weighted by atomic mass is 32.1. The minimum absolute atomic E-state index is 0.00519. The normalized spacial score (nSPS) is 11.8. The molecule has 3 aromatic carbocycles. The molecular formula is C33H36N2O9S. The summed E-state index contributed by atoms with van der Waals surface area (Å²) in [5, 5.41) is 10.6. The first-order valence-corrected chi connectivity index (χ1v) is 14.8. The van der Waals surface area contributed by atoms with E-state index in [-0.39, 0.29) is 46.8 Å². The van der Waals surface area contributed by atoms with Gasteiger partial charge in [-0.1, -0.05) is 6.07 Å². The van der Waals surface area contributed by atoms with Crippen LogP contribution in [0.1, 0.15) is 49.2 Å². The molecule has 0 saturated heterocycles. The molecule has 11 nitrogen and oxygen atoms in total. The number of carboxylic acid groups (broad SMARTS) is 1. The van der Waals surface area contributed by atoms with Crippen molar-refractivity contribution in [3.8, 4) is 34.5 Å². The Balaban J connectivity index is 1.99. The Morgan fingerprint density at radius 2 is 1.29 bits per heavy atom. The highest BCUT2D eigenvalue weighted by Gasteiger charge is 2.28. The van der Waals surface area contributed by atoms with Crippen LogP contribution in [-0.4, -0.2) is 66.3 Å². The van der Waals surface area contributed by atoms with Crippen molar-refractivity contribution in [2.24, 2.45) is 0 Å². The average molecular weight is 637 g/mol. The minimum Gasteiger partial charge on any atom is -0.493 e. The summed E-state index contributed by atoms with van der Waals surface area (Å²) in [4.78, 5) is 27.5. The van der Waals surface area contributed by atoms with Crippen molar-refractivity contribution >= 4 is 40.1 Å². The number of ether oxygens (including phenoxy) is 6. The third-order valence-corrected chi connectivity index (χ3v) is 7.21. The predicted octanol–water partition coefficient (Wildman–Crippen LogP) is 6.26. The van der Waals surface area contributed by atoms with Crippen LogP contribution in [0.15, 0.2) is 48.0 Å². The Morgan fingerprint density at radius 3 is 1.84 bits per heavy atom. The summed E-state index contributed by atoms with van der Waals surface area (Å²) >= 11 is 1.01. The maximum atomic E-state index is 14.5. The van der Waals surface area contributed by atoms with Gasteiger partial charge in [0.1, 0.15) is 11.0 Å². The van der Waals surface area contributed by atoms with Crippen LogP contribution in [0, 0.1) is 0 Å². The van der Waals surface area contributed by atoms with Crippen LogP contribution in [0.25, 0.3) is 16.6 Å². The number of carboxylic acids is 1. The van der Waals surface area contributed by atoms with Crippen LogP contribution < -0.4 is 28.4 Å². The molecule has 0 aliphatic carbocycles. The number of hydrogen-bond acceptors (Lipinski definition) is 11. The third kappa shape index (κ3) is 7.28. The molecule has 0 spiro atoms. The zero-order valence-electron chi connectivity index (χ0n) is 26.4. The monoisotopic (exact) mass is 636 g/mol. The van der Waals surface area contributed by atoms with E-state index in [2.05, 4.69) is 8.75 Å². The van der Waals surface area contributed by atoms with Crippen LogP contribution in [0.3, 0.4) is 0 Å². The van der Waals surface area contributed by atoms with Gasteiger partial charge in [-0.2, -0.15) is 8.75 Å². The van der Waals surface area contributed by atoms with Gasteiger partial charge in [-0.15, -0.1) is 0 Å². The summed E-state index contributed by atoms with van der Waals surface area (Å²) in [5.74, 6) is 0.124. The van der Waals surface area contributed by atoms with E-state index >= 15 is 0 Å². The van der Waals surface area contributed by atoms with E-state index < -0.39 is 11.8 Å². The molecule has 0 unspecified atom stereocenters. The number of benzene rings is 3. The molecule has 12 heteroatoms. The Kier molecular flexibility index (Phi) is 10.5. The Morgan fingerprint density at radius 1 is 0.711 bits per heavy atom. The molecule has 0 saturated carbocycles. The van der Waals surface area contributed by atoms with Gasteiger partial charge in [0.25, 0.3) is 0 Å². The zero-order valence-corrected chi connectivity index (χ0v) is 27.2. The van der Waals surface area contributed by atoms with Crippen LogP contribution >= 0.6 is 11.7 Å². The molecule has 0 aliphatic rings. The number of nitrogens with zero attached hydrogens (tertiary/aromatic N) is 2. The van der Waals surface area contributed by atoms with E-state index in [0.29, 0.717) is 45.2 Å². The van der Waals surface area contributed by atoms with E-state index in [0.717, 1.165) is 11.7 Å². The molecule has 1 aromatic heterocycles. The van der Waals surface area contributed by atoms with Gasteiger partial charge in [0.15, 0.2) is 28.8 Å². The fourth-order valence-electron chi connectivity index (χ4n) is 4.82. The van der Waals surface area contributed by atoms with E-state index in [1.807, 2.05) is 27.7 Å². The SMILES string of the molecule is COc1cc(C(=O)C(Cc2cc(OC)c(OC(C)C)c(OC(C)C)c2)=C(C(=O)O)c2ccc3nsnc3c2)cc(OC)c1OC. The molecule has 1 N–H and O–H groups in total. The quantitative estimate of drug-likeness (QED) is 0.124. The van der Waals surface area contributed by atoms with Crippen molar-refractivity contribution in [1.82, 2.24) is 8.75 Å². The number of rotatable bonds is 14. The van der Waals surface area contributed by atoms with Gasteiger partial charge in [-0.05, 0) is 75.2 Å². The highest BCUT2D eigenvalue weighted by molar-refractivity contribution is 7.00. The number of carbonyl (C=O) groups is 2. The second-order valence-electron chi connectivity index (χ2n) is 10.5. The van der Waals surface area contributed by atoms with Crippen molar-refractivity contribution in [2.75, 3.05) is 28.4 Å². The Bertz CT molecular complexity index is 1720. The first kappa shape index (κ1) is 33.1. The molecule has 0 bridgehead atoms. The van der Waals surface area contributed by atoms with E-state index in [1.165, 1.54) is 40.6 Å². The van der Waals surface area contributed by atoms with Gasteiger partial charge in [-0.25, -0.2) is 4.79 Å². The van der Waals surface area contributed by atoms with Crippen molar-refractivity contribution in [3.63, 3.8) is 0 Å². The van der Waals surface area contributed by atoms with Gasteiger partial charge in [0.2, 0.25) is 11.5 Å². The molecule has 0 amide bonds. The van der Waals surface area contributed by atoms with Crippen LogP contribution in [0.4, 0.5) is 0 Å². The maximum absolute atomic E-state index is 14.5. The Labute approximate surface area is 265 Å². The van der Waals surface area contributed by atoms with E-state index in [4.69, 9.17) is 28.4 Å². The Hall–Kier alpha value is -4.84. The third-order valence-electron chi connectivity index (χ3n) is 6.66. The number of carbonyl (C=O) groups excluding carboxylic acids is 1. The molecule has 0 aliphatic heterocycles. The molecule has 0 atom stereocenters. The fraction of sp³-hybridized carbons (Fsp3) is 0.333. The molecule has 4 aromatic rings. The molecule has 1 heterocycles. The lowest BCUT2D eigenvalue weighted by Gasteiger charge is -2.21. The summed E-state index contributed by atoms with van der Waals surface area (Å²) in [6.45, 7) is 7.53. The van der Waals surface area contributed by atoms with Crippen molar-refractivity contribution < 1.29 is 43.1 Å². The first-order chi connectivity index (χ1) is 21.5. The lowest BCUT2D eigenvalue weighted by Crippen LogP contribution is -2.15. The van der Waals surface area contributed by atoms with Gasteiger partial charge < -0.3 is 33.5 Å². The van der Waals surface area contributed by atoms with Gasteiger partial charge >= 0.3 is 5.97 Å². The number of hydrogen-bond donors (Lipinski definition) is 1. The standard InChI is InChI=1S/C33H36N2O9S/c1-17(2)43-28-13-19(12-25(39-5)32(28)44-18(3)4)11-22(29(33(37)38)20-9-10-23-24(14-20)35-45-34-23)30(36)21-15-26(40-6)31(42-8)27(16-21)41-7/h9-10,12-18H,11H2,1-8H3,(H,37,38). The first-order valence-electron chi connectivity index (χ1n) is 14.1. The van der Waals surface area contributed by atoms with Crippen LogP contribution in [0.5, 0.6) is 34.5 Å². The average Bonchev–Trinajstić information content (AvgIpc) is 3.48. The lowest BCUT2D eigenvalue weighted by atomic mass is 9.89. The number of fused-ring (bicyclic) bond motifs is 1. The number of allylic oxidation sites excluding steroid dienone is 1. The van der Waals surface area contributed by atoms with Crippen LogP contribution in [-0.2, 0) is 11.2 Å². The predicted molar refractivity (Wildman–Crippen MR) is 171 cm³/mol. The number of ketones is 1. The minimum atomic E-state index is -1.29. The van der Waals surface area contributed by atoms with Crippen molar-refractivity contribution in [1.29, 1.82) is 0 Å². The molecule has 0 radical (unpaired) electrons. The summed E-state index contributed by atoms with van der Waals surface area (Å²) in [7, 11) is 5.83. The highest BCUT2D eigenvalue weighted by Crippen LogP contribution is 2.42. The number of aromatic nitrogens is 2. The molecule has 238 valence electrons. The fourth-order valence-corrected chi connectivity index (χ4v) is 5.33. The largest absolute Gasteiger partial charge is 0.493 e. The number of aliphatic carboxylic acids is 1. The van der Waals surface area contributed by atoms with E-state index in [9.17, 15) is 14.7 Å². The van der Waals surface area contributed by atoms with Gasteiger partial charge in [0.05, 0.1) is 57.9 Å². The summed E-state index contributed by atoms with van der Waals surface area (Å²) < 4.78 is 42.7. The second-order valence-corrected chi connectivity index (χ2v) is 11.0. The van der Waals surface area contributed by atoms with E-state index in [1.54, 1.807) is 30.3 Å². The number of methoxy groups -OCH3 is 4. The molecule has 0 fully saturated rings. The topological polar surface area (TPSA) is 136 Å². The van der Waals surface area contributed by atoms with Crippen molar-refractivity contribution in [2.45, 2.75) is 46.3 Å². The smallest absolute Gasteiger partial charge is 0.336 e. The summed E-state index contributed by atoms with van der Waals surface area (Å²) in [5.41, 5.74) is 1.92. The van der Waals surface area contributed by atoms with Crippen LogP contribution in [0.2, 0.25) is 0 Å². The van der Waals surface area contributed by atoms with Gasteiger partial charge in [-0.3, -0.25) is 4.79 Å². The summed E-state index contributed by atoms with van der Waals surface area (Å²) in [6, 6.07) is 11.3. The molecule has 4 rings (SSSR count). The summed E-state index contributed by atoms with van der Waals surface area (Å²) in [6.07, 6.45) is -0.481. The lowest BCUT2D eigenvalue weighted by molar-refractivity contribution is -0.130. The molecular weight excluding hydrogens is 600 g/mol.